The fraction of sp³-hybridized carbons (Fsp3) is 0.529. The number of sulfone groups is 1. The van der Waals surface area contributed by atoms with E-state index in [1.54, 1.807) is 24.3 Å². The number of hydrogen-bond acceptors (Lipinski definition) is 4. The van der Waals surface area contributed by atoms with Gasteiger partial charge in [-0.2, -0.15) is 0 Å². The zero-order valence-electron chi connectivity index (χ0n) is 13.8. The number of benzene rings is 1. The SMILES string of the molecule is C[C@@H]1C[C@H]1C(=O)Nc1ccc(C(=O)N[C@@H]2CS(=O)(=O)C[C@@H]2C)cc1. The molecule has 0 radical (unpaired) electrons. The average molecular weight is 350 g/mol. The van der Waals surface area contributed by atoms with E-state index >= 15 is 0 Å². The average Bonchev–Trinajstić information content (AvgIpc) is 3.17. The van der Waals surface area contributed by atoms with Crippen LogP contribution in [0.25, 0.3) is 0 Å². The normalized spacial score (nSPS) is 30.6. The standard InChI is InChI=1S/C17H22N2O4S/c1-10-7-14(10)17(21)18-13-5-3-12(4-6-13)16(20)19-15-9-24(22,23)8-11(15)2/h3-6,10-11,14-15H,7-9H2,1-2H3,(H,18,21)(H,19,20)/t10-,11+,14-,15-/m1/s1. The lowest BCUT2D eigenvalue weighted by Gasteiger charge is -2.15. The number of rotatable bonds is 4. The highest BCUT2D eigenvalue weighted by Crippen LogP contribution is 2.38. The second-order valence-electron chi connectivity index (χ2n) is 7.02. The van der Waals surface area contributed by atoms with Crippen LogP contribution in [0.5, 0.6) is 0 Å². The van der Waals surface area contributed by atoms with Crippen LogP contribution in [0.3, 0.4) is 0 Å². The zero-order chi connectivity index (χ0) is 17.5. The summed E-state index contributed by atoms with van der Waals surface area (Å²) in [6.45, 7) is 3.87. The molecule has 130 valence electrons. The number of nitrogens with one attached hydrogen (secondary N) is 2. The van der Waals surface area contributed by atoms with Gasteiger partial charge in [-0.1, -0.05) is 13.8 Å². The van der Waals surface area contributed by atoms with Gasteiger partial charge >= 0.3 is 0 Å². The summed E-state index contributed by atoms with van der Waals surface area (Å²) in [5.74, 6) is 0.287. The maximum Gasteiger partial charge on any atom is 0.251 e. The van der Waals surface area contributed by atoms with Gasteiger partial charge in [-0.15, -0.1) is 0 Å². The molecule has 0 bridgehead atoms. The van der Waals surface area contributed by atoms with Crippen LogP contribution in [0.15, 0.2) is 24.3 Å². The predicted molar refractivity (Wildman–Crippen MR) is 91.4 cm³/mol. The van der Waals surface area contributed by atoms with Gasteiger partial charge in [-0.25, -0.2) is 8.42 Å². The smallest absolute Gasteiger partial charge is 0.251 e. The van der Waals surface area contributed by atoms with E-state index < -0.39 is 9.84 Å². The summed E-state index contributed by atoms with van der Waals surface area (Å²) in [6, 6.07) is 6.30. The highest BCUT2D eigenvalue weighted by molar-refractivity contribution is 7.91. The van der Waals surface area contributed by atoms with Crippen molar-refractivity contribution in [3.63, 3.8) is 0 Å². The van der Waals surface area contributed by atoms with Crippen molar-refractivity contribution < 1.29 is 18.0 Å². The molecule has 1 aromatic rings. The van der Waals surface area contributed by atoms with Crippen LogP contribution in [0.4, 0.5) is 5.69 Å². The first-order valence-electron chi connectivity index (χ1n) is 8.17. The second-order valence-corrected chi connectivity index (χ2v) is 9.17. The first kappa shape index (κ1) is 17.0. The summed E-state index contributed by atoms with van der Waals surface area (Å²) in [7, 11) is -3.06. The molecule has 1 saturated carbocycles. The van der Waals surface area contributed by atoms with Crippen LogP contribution in [0, 0.1) is 17.8 Å². The molecule has 1 aliphatic heterocycles. The molecule has 6 nitrogen and oxygen atoms in total. The number of carbonyl (C=O) groups is 2. The summed E-state index contributed by atoms with van der Waals surface area (Å²) in [4.78, 5) is 24.1. The molecule has 1 saturated heterocycles. The Morgan fingerprint density at radius 1 is 1.04 bits per heavy atom. The van der Waals surface area contributed by atoms with Gasteiger partial charge in [0.15, 0.2) is 9.84 Å². The Balaban J connectivity index is 1.59. The minimum Gasteiger partial charge on any atom is -0.348 e. The number of amides is 2. The monoisotopic (exact) mass is 350 g/mol. The first-order valence-corrected chi connectivity index (χ1v) is 9.99. The van der Waals surface area contributed by atoms with Crippen LogP contribution in [0.1, 0.15) is 30.6 Å². The molecule has 1 heterocycles. The largest absolute Gasteiger partial charge is 0.348 e. The lowest BCUT2D eigenvalue weighted by molar-refractivity contribution is -0.117. The number of carbonyl (C=O) groups excluding carboxylic acids is 2. The Bertz CT molecular complexity index is 757. The summed E-state index contributed by atoms with van der Waals surface area (Å²) in [5.41, 5.74) is 1.11. The number of anilines is 1. The Kier molecular flexibility index (Phi) is 4.38. The Labute approximate surface area is 141 Å². The topological polar surface area (TPSA) is 92.3 Å². The molecule has 0 aromatic heterocycles. The third kappa shape index (κ3) is 3.77. The third-order valence-corrected chi connectivity index (χ3v) is 6.72. The van der Waals surface area contributed by atoms with E-state index in [9.17, 15) is 18.0 Å². The van der Waals surface area contributed by atoms with Gasteiger partial charge in [-0.3, -0.25) is 9.59 Å². The molecule has 1 aliphatic carbocycles. The molecule has 7 heteroatoms. The van der Waals surface area contributed by atoms with Crippen molar-refractivity contribution in [3.8, 4) is 0 Å². The van der Waals surface area contributed by atoms with Crippen molar-refractivity contribution in [1.82, 2.24) is 5.32 Å². The third-order valence-electron chi connectivity index (χ3n) is 4.81. The van der Waals surface area contributed by atoms with Gasteiger partial charge in [0.25, 0.3) is 5.91 Å². The summed E-state index contributed by atoms with van der Waals surface area (Å²) >= 11 is 0. The number of hydrogen-bond donors (Lipinski definition) is 2. The molecule has 4 atom stereocenters. The van der Waals surface area contributed by atoms with E-state index in [4.69, 9.17) is 0 Å². The van der Waals surface area contributed by atoms with Crippen LogP contribution < -0.4 is 10.6 Å². The van der Waals surface area contributed by atoms with Crippen LogP contribution >= 0.6 is 0 Å². The maximum absolute atomic E-state index is 12.3. The van der Waals surface area contributed by atoms with Crippen molar-refractivity contribution in [2.75, 3.05) is 16.8 Å². The van der Waals surface area contributed by atoms with Crippen molar-refractivity contribution in [2.45, 2.75) is 26.3 Å². The van der Waals surface area contributed by atoms with E-state index in [0.29, 0.717) is 17.2 Å². The molecule has 2 fully saturated rings. The second kappa shape index (κ2) is 6.20. The van der Waals surface area contributed by atoms with E-state index in [1.807, 2.05) is 13.8 Å². The molecule has 3 rings (SSSR count). The molecule has 2 amide bonds. The molecule has 2 aliphatic rings. The molecular weight excluding hydrogens is 328 g/mol. The summed E-state index contributed by atoms with van der Waals surface area (Å²) in [6.07, 6.45) is 0.925. The lowest BCUT2D eigenvalue weighted by atomic mass is 10.1. The van der Waals surface area contributed by atoms with Gasteiger partial charge in [-0.05, 0) is 42.5 Å². The van der Waals surface area contributed by atoms with Crippen molar-refractivity contribution in [2.24, 2.45) is 17.8 Å². The van der Waals surface area contributed by atoms with Crippen LogP contribution in [-0.4, -0.2) is 37.8 Å². The minimum absolute atomic E-state index is 0.00633. The van der Waals surface area contributed by atoms with Gasteiger partial charge < -0.3 is 10.6 Å². The summed E-state index contributed by atoms with van der Waals surface area (Å²) in [5, 5.41) is 5.63. The zero-order valence-corrected chi connectivity index (χ0v) is 14.6. The van der Waals surface area contributed by atoms with Gasteiger partial charge in [0.2, 0.25) is 5.91 Å². The molecule has 0 spiro atoms. The van der Waals surface area contributed by atoms with E-state index in [1.165, 1.54) is 0 Å². The van der Waals surface area contributed by atoms with Crippen molar-refractivity contribution in [3.05, 3.63) is 29.8 Å². The van der Waals surface area contributed by atoms with Crippen LogP contribution in [0.2, 0.25) is 0 Å². The van der Waals surface area contributed by atoms with Crippen LogP contribution in [-0.2, 0) is 14.6 Å². The minimum atomic E-state index is -3.06. The van der Waals surface area contributed by atoms with Crippen molar-refractivity contribution in [1.29, 1.82) is 0 Å². The molecule has 1 aromatic carbocycles. The van der Waals surface area contributed by atoms with Crippen molar-refractivity contribution >= 4 is 27.3 Å². The predicted octanol–water partition coefficient (Wildman–Crippen LogP) is 1.44. The highest BCUT2D eigenvalue weighted by atomic mass is 32.2. The van der Waals surface area contributed by atoms with Gasteiger partial charge in [0, 0.05) is 23.2 Å². The highest BCUT2D eigenvalue weighted by Gasteiger charge is 2.39. The fourth-order valence-corrected chi connectivity index (χ4v) is 5.21. The molecule has 24 heavy (non-hydrogen) atoms. The Morgan fingerprint density at radius 2 is 1.67 bits per heavy atom. The van der Waals surface area contributed by atoms with E-state index in [0.717, 1.165) is 6.42 Å². The molecule has 0 unspecified atom stereocenters. The first-order chi connectivity index (χ1) is 11.2. The van der Waals surface area contributed by atoms with E-state index in [2.05, 4.69) is 10.6 Å². The molecule has 2 N–H and O–H groups in total. The summed E-state index contributed by atoms with van der Waals surface area (Å²) < 4.78 is 23.2. The Morgan fingerprint density at radius 3 is 2.17 bits per heavy atom. The lowest BCUT2D eigenvalue weighted by Crippen LogP contribution is -2.39. The van der Waals surface area contributed by atoms with E-state index in [-0.39, 0.29) is 41.2 Å². The maximum atomic E-state index is 12.3. The van der Waals surface area contributed by atoms with Gasteiger partial charge in [0.1, 0.15) is 0 Å². The van der Waals surface area contributed by atoms with Gasteiger partial charge in [0.05, 0.1) is 11.5 Å². The molecular formula is C17H22N2O4S. The fourth-order valence-electron chi connectivity index (χ4n) is 3.09. The quantitative estimate of drug-likeness (QED) is 0.859. The Hall–Kier alpha value is -1.89.